The fourth-order valence-corrected chi connectivity index (χ4v) is 3.09. The molecule has 0 bridgehead atoms. The van der Waals surface area contributed by atoms with E-state index in [0.29, 0.717) is 19.0 Å². The van der Waals surface area contributed by atoms with Gasteiger partial charge in [0, 0.05) is 24.0 Å². The lowest BCUT2D eigenvalue weighted by Gasteiger charge is -2.09. The molecule has 0 saturated heterocycles. The van der Waals surface area contributed by atoms with E-state index in [1.807, 2.05) is 12.3 Å². The highest BCUT2D eigenvalue weighted by molar-refractivity contribution is 7.11. The molecule has 6 nitrogen and oxygen atoms in total. The van der Waals surface area contributed by atoms with Crippen LogP contribution in [0.1, 0.15) is 40.5 Å². The number of nitrogens with zero attached hydrogens (tertiary/aromatic N) is 4. The summed E-state index contributed by atoms with van der Waals surface area (Å²) < 4.78 is 0. The molecule has 0 atom stereocenters. The van der Waals surface area contributed by atoms with Crippen LogP contribution in [0.4, 0.5) is 0 Å². The summed E-state index contributed by atoms with van der Waals surface area (Å²) in [4.78, 5) is 8.61. The van der Waals surface area contributed by atoms with Gasteiger partial charge in [0.2, 0.25) is 0 Å². The molecule has 2 N–H and O–H groups in total. The summed E-state index contributed by atoms with van der Waals surface area (Å²) in [5.74, 6) is 1.16. The highest BCUT2D eigenvalue weighted by Gasteiger charge is 2.08. The molecular weight excluding hydrogens is 304 g/mol. The number of hydrogen-bond donors (Lipinski definition) is 2. The second-order valence-electron chi connectivity index (χ2n) is 4.85. The minimum atomic E-state index is 0.418. The minimum Gasteiger partial charge on any atom is -0.350 e. The standard InChI is InChI=1S/C13H20N6S2/c1-8(2)12-19-18-11(21-12)6-16-13(14-4)15-5-10-17-9(3)7-20-10/h7-8H,5-6H2,1-4H3,(H2,14,15,16). The van der Waals surface area contributed by atoms with Gasteiger partial charge in [-0.15, -0.1) is 21.5 Å². The molecule has 21 heavy (non-hydrogen) atoms. The van der Waals surface area contributed by atoms with Gasteiger partial charge in [0.25, 0.3) is 0 Å². The fraction of sp³-hybridized carbons (Fsp3) is 0.538. The Balaban J connectivity index is 1.82. The summed E-state index contributed by atoms with van der Waals surface area (Å²) in [6.45, 7) is 7.53. The van der Waals surface area contributed by atoms with Gasteiger partial charge in [-0.1, -0.05) is 25.2 Å². The molecule has 114 valence electrons. The molecule has 2 aromatic heterocycles. The summed E-state index contributed by atoms with van der Waals surface area (Å²) in [5, 5.41) is 20.0. The molecule has 0 radical (unpaired) electrons. The van der Waals surface area contributed by atoms with Crippen molar-refractivity contribution in [3.8, 4) is 0 Å². The van der Waals surface area contributed by atoms with Crippen LogP contribution in [0.15, 0.2) is 10.4 Å². The number of aromatic nitrogens is 3. The zero-order valence-corrected chi connectivity index (χ0v) is 14.3. The van der Waals surface area contributed by atoms with E-state index >= 15 is 0 Å². The molecule has 2 heterocycles. The maximum Gasteiger partial charge on any atom is 0.191 e. The Morgan fingerprint density at radius 2 is 1.95 bits per heavy atom. The minimum absolute atomic E-state index is 0.418. The van der Waals surface area contributed by atoms with Crippen LogP contribution < -0.4 is 10.6 Å². The number of thiazole rings is 1. The predicted octanol–water partition coefficient (Wildman–Crippen LogP) is 2.29. The lowest BCUT2D eigenvalue weighted by molar-refractivity contribution is 0.781. The van der Waals surface area contributed by atoms with Crippen LogP contribution in [-0.4, -0.2) is 28.2 Å². The monoisotopic (exact) mass is 324 g/mol. The molecule has 0 aromatic carbocycles. The summed E-state index contributed by atoms with van der Waals surface area (Å²) in [6.07, 6.45) is 0. The highest BCUT2D eigenvalue weighted by atomic mass is 32.1. The second-order valence-corrected chi connectivity index (χ2v) is 6.89. The molecule has 0 aliphatic carbocycles. The topological polar surface area (TPSA) is 75.1 Å². The van der Waals surface area contributed by atoms with Crippen molar-refractivity contribution >= 4 is 28.6 Å². The van der Waals surface area contributed by atoms with Crippen molar-refractivity contribution < 1.29 is 0 Å². The van der Waals surface area contributed by atoms with Crippen LogP contribution in [0.2, 0.25) is 0 Å². The first-order valence-corrected chi connectivity index (χ1v) is 8.46. The molecule has 0 unspecified atom stereocenters. The number of aliphatic imine (C=N–C) groups is 1. The van der Waals surface area contributed by atoms with Gasteiger partial charge < -0.3 is 10.6 Å². The van der Waals surface area contributed by atoms with Crippen molar-refractivity contribution in [2.75, 3.05) is 7.05 Å². The van der Waals surface area contributed by atoms with Gasteiger partial charge in [-0.25, -0.2) is 4.98 Å². The van der Waals surface area contributed by atoms with E-state index in [9.17, 15) is 0 Å². The zero-order chi connectivity index (χ0) is 15.2. The molecule has 0 fully saturated rings. The van der Waals surface area contributed by atoms with E-state index in [1.165, 1.54) is 0 Å². The van der Waals surface area contributed by atoms with Gasteiger partial charge in [-0.3, -0.25) is 4.99 Å². The normalized spacial score (nSPS) is 12.0. The molecule has 2 rings (SSSR count). The number of guanidine groups is 1. The molecular formula is C13H20N6S2. The number of hydrogen-bond acceptors (Lipinski definition) is 6. The smallest absolute Gasteiger partial charge is 0.191 e. The Morgan fingerprint density at radius 1 is 1.24 bits per heavy atom. The number of nitrogens with one attached hydrogen (secondary N) is 2. The van der Waals surface area contributed by atoms with Gasteiger partial charge in [-0.2, -0.15) is 0 Å². The van der Waals surface area contributed by atoms with Gasteiger partial charge in [0.15, 0.2) is 5.96 Å². The lowest BCUT2D eigenvalue weighted by atomic mass is 10.2. The van der Waals surface area contributed by atoms with Crippen LogP contribution in [0, 0.1) is 6.92 Å². The van der Waals surface area contributed by atoms with Crippen molar-refractivity contribution in [1.82, 2.24) is 25.8 Å². The van der Waals surface area contributed by atoms with E-state index in [4.69, 9.17) is 0 Å². The summed E-state index contributed by atoms with van der Waals surface area (Å²) in [6, 6.07) is 0. The molecule has 0 aliphatic rings. The van der Waals surface area contributed by atoms with E-state index in [0.717, 1.165) is 26.7 Å². The maximum atomic E-state index is 4.41. The quantitative estimate of drug-likeness (QED) is 0.652. The zero-order valence-electron chi connectivity index (χ0n) is 12.7. The van der Waals surface area contributed by atoms with Crippen LogP contribution in [0.3, 0.4) is 0 Å². The van der Waals surface area contributed by atoms with Gasteiger partial charge >= 0.3 is 0 Å². The summed E-state index contributed by atoms with van der Waals surface area (Å²) in [7, 11) is 1.75. The van der Waals surface area contributed by atoms with Crippen LogP contribution in [-0.2, 0) is 13.1 Å². The van der Waals surface area contributed by atoms with Crippen LogP contribution in [0.25, 0.3) is 0 Å². The third kappa shape index (κ3) is 4.75. The Kier molecular flexibility index (Phi) is 5.63. The fourth-order valence-electron chi connectivity index (χ4n) is 1.59. The van der Waals surface area contributed by atoms with Crippen molar-refractivity contribution in [1.29, 1.82) is 0 Å². The van der Waals surface area contributed by atoms with Crippen molar-refractivity contribution in [3.63, 3.8) is 0 Å². The van der Waals surface area contributed by atoms with Crippen LogP contribution >= 0.6 is 22.7 Å². The highest BCUT2D eigenvalue weighted by Crippen LogP contribution is 2.18. The van der Waals surface area contributed by atoms with E-state index < -0.39 is 0 Å². The Labute approximate surface area is 132 Å². The molecule has 0 amide bonds. The van der Waals surface area contributed by atoms with Crippen molar-refractivity contribution in [2.45, 2.75) is 39.8 Å². The molecule has 0 spiro atoms. The largest absolute Gasteiger partial charge is 0.350 e. The summed E-state index contributed by atoms with van der Waals surface area (Å²) >= 11 is 3.28. The van der Waals surface area contributed by atoms with Crippen molar-refractivity contribution in [3.05, 3.63) is 26.1 Å². The predicted molar refractivity (Wildman–Crippen MR) is 87.9 cm³/mol. The molecule has 2 aromatic rings. The third-order valence-corrected chi connectivity index (χ3v) is 4.87. The second kappa shape index (κ2) is 7.46. The lowest BCUT2D eigenvalue weighted by Crippen LogP contribution is -2.36. The van der Waals surface area contributed by atoms with E-state index in [1.54, 1.807) is 29.7 Å². The first-order chi connectivity index (χ1) is 10.1. The molecule has 8 heteroatoms. The SMILES string of the molecule is CN=C(NCc1nc(C)cs1)NCc1nnc(C(C)C)s1. The summed E-state index contributed by atoms with van der Waals surface area (Å²) in [5.41, 5.74) is 1.05. The van der Waals surface area contributed by atoms with Crippen LogP contribution in [0.5, 0.6) is 0 Å². The van der Waals surface area contributed by atoms with Crippen molar-refractivity contribution in [2.24, 2.45) is 4.99 Å². The van der Waals surface area contributed by atoms with E-state index in [-0.39, 0.29) is 0 Å². The Bertz CT molecular complexity index is 601. The first-order valence-electron chi connectivity index (χ1n) is 6.76. The van der Waals surface area contributed by atoms with Gasteiger partial charge in [-0.05, 0) is 6.92 Å². The Hall–Kier alpha value is -1.54. The molecule has 0 aliphatic heterocycles. The average Bonchev–Trinajstić information content (AvgIpc) is 3.08. The maximum absolute atomic E-state index is 4.41. The molecule has 0 saturated carbocycles. The number of aryl methyl sites for hydroxylation is 1. The van der Waals surface area contributed by atoms with Gasteiger partial charge in [0.05, 0.1) is 13.1 Å². The third-order valence-electron chi connectivity index (χ3n) is 2.68. The average molecular weight is 324 g/mol. The van der Waals surface area contributed by atoms with E-state index in [2.05, 4.69) is 44.7 Å². The Morgan fingerprint density at radius 3 is 2.48 bits per heavy atom. The number of rotatable bonds is 5. The first kappa shape index (κ1) is 15.8. The van der Waals surface area contributed by atoms with Gasteiger partial charge in [0.1, 0.15) is 15.0 Å².